The van der Waals surface area contributed by atoms with E-state index in [9.17, 15) is 9.50 Å². The third-order valence-corrected chi connectivity index (χ3v) is 4.54. The number of aliphatic hydroxyl groups excluding tert-OH is 1. The number of benzene rings is 2. The van der Waals surface area contributed by atoms with Crippen LogP contribution in [0.5, 0.6) is 0 Å². The van der Waals surface area contributed by atoms with E-state index in [0.29, 0.717) is 5.56 Å². The van der Waals surface area contributed by atoms with Crippen molar-refractivity contribution in [2.75, 3.05) is 6.54 Å². The molecule has 0 amide bonds. The molecule has 0 aliphatic rings. The first-order valence-electron chi connectivity index (χ1n) is 6.12. The van der Waals surface area contributed by atoms with Gasteiger partial charge in [0.25, 0.3) is 0 Å². The maximum Gasteiger partial charge on any atom is 0.137 e. The summed E-state index contributed by atoms with van der Waals surface area (Å²) in [5, 5.41) is 10.5. The number of nitrogens with two attached hydrogens (primary N) is 1. The topological polar surface area (TPSA) is 46.2 Å². The standard InChI is InChI=1S/C15H14Br2FNO/c16-10-4-1-3-9(7-10)12(8-19)15(20)11-5-2-6-13(18)14(11)17/h1-7,12,15,20H,8,19H2. The van der Waals surface area contributed by atoms with Crippen LogP contribution in [-0.2, 0) is 0 Å². The Morgan fingerprint density at radius 1 is 1.15 bits per heavy atom. The second-order valence-electron chi connectivity index (χ2n) is 4.49. The summed E-state index contributed by atoms with van der Waals surface area (Å²) in [5.41, 5.74) is 7.21. The van der Waals surface area contributed by atoms with E-state index >= 15 is 0 Å². The number of rotatable bonds is 4. The minimum absolute atomic E-state index is 0.264. The Bertz CT molecular complexity index is 606. The van der Waals surface area contributed by atoms with E-state index in [4.69, 9.17) is 5.73 Å². The van der Waals surface area contributed by atoms with Gasteiger partial charge in [-0.05, 0) is 45.3 Å². The van der Waals surface area contributed by atoms with Gasteiger partial charge in [0.15, 0.2) is 0 Å². The molecule has 0 aromatic heterocycles. The molecule has 2 aromatic carbocycles. The van der Waals surface area contributed by atoms with E-state index in [0.717, 1.165) is 10.0 Å². The van der Waals surface area contributed by atoms with Gasteiger partial charge >= 0.3 is 0 Å². The van der Waals surface area contributed by atoms with Crippen LogP contribution in [0.1, 0.15) is 23.1 Å². The molecule has 106 valence electrons. The molecular formula is C15H14Br2FNO. The third-order valence-electron chi connectivity index (χ3n) is 3.21. The molecule has 0 bridgehead atoms. The maximum atomic E-state index is 13.6. The van der Waals surface area contributed by atoms with Crippen LogP contribution in [0.15, 0.2) is 51.4 Å². The van der Waals surface area contributed by atoms with Crippen LogP contribution >= 0.6 is 31.9 Å². The molecule has 2 rings (SSSR count). The van der Waals surface area contributed by atoms with Gasteiger partial charge < -0.3 is 10.8 Å². The van der Waals surface area contributed by atoms with Crippen LogP contribution in [0.4, 0.5) is 4.39 Å². The third kappa shape index (κ3) is 3.28. The predicted molar refractivity (Wildman–Crippen MR) is 85.0 cm³/mol. The highest BCUT2D eigenvalue weighted by molar-refractivity contribution is 9.10. The van der Waals surface area contributed by atoms with Crippen molar-refractivity contribution in [2.24, 2.45) is 5.73 Å². The summed E-state index contributed by atoms with van der Waals surface area (Å²) in [6.45, 7) is 0.264. The molecule has 0 saturated heterocycles. The summed E-state index contributed by atoms with van der Waals surface area (Å²) in [7, 11) is 0. The monoisotopic (exact) mass is 401 g/mol. The maximum absolute atomic E-state index is 13.6. The van der Waals surface area contributed by atoms with Crippen LogP contribution in [0.3, 0.4) is 0 Å². The Morgan fingerprint density at radius 3 is 2.50 bits per heavy atom. The second kappa shape index (κ2) is 6.80. The van der Waals surface area contributed by atoms with Gasteiger partial charge in [-0.25, -0.2) is 4.39 Å². The first-order valence-corrected chi connectivity index (χ1v) is 7.70. The molecule has 5 heteroatoms. The Morgan fingerprint density at radius 2 is 1.85 bits per heavy atom. The van der Waals surface area contributed by atoms with Crippen molar-refractivity contribution >= 4 is 31.9 Å². The zero-order valence-corrected chi connectivity index (χ0v) is 13.7. The molecule has 0 aliphatic heterocycles. The molecule has 0 fully saturated rings. The molecule has 3 N–H and O–H groups in total. The lowest BCUT2D eigenvalue weighted by molar-refractivity contribution is 0.146. The van der Waals surface area contributed by atoms with Crippen molar-refractivity contribution in [3.05, 3.63) is 68.4 Å². The second-order valence-corrected chi connectivity index (χ2v) is 6.19. The number of hydrogen-bond acceptors (Lipinski definition) is 2. The van der Waals surface area contributed by atoms with E-state index < -0.39 is 11.9 Å². The summed E-state index contributed by atoms with van der Waals surface area (Å²) in [6, 6.07) is 12.2. The van der Waals surface area contributed by atoms with E-state index in [1.807, 2.05) is 24.3 Å². The Kier molecular flexibility index (Phi) is 5.32. The van der Waals surface area contributed by atoms with Crippen molar-refractivity contribution in [1.29, 1.82) is 0 Å². The summed E-state index contributed by atoms with van der Waals surface area (Å²) < 4.78 is 14.8. The van der Waals surface area contributed by atoms with Crippen LogP contribution in [0.2, 0.25) is 0 Å². The summed E-state index contributed by atoms with van der Waals surface area (Å²) in [6.07, 6.45) is -0.876. The molecule has 2 unspecified atom stereocenters. The normalized spacial score (nSPS) is 14.1. The van der Waals surface area contributed by atoms with Crippen molar-refractivity contribution in [3.63, 3.8) is 0 Å². The largest absolute Gasteiger partial charge is 0.388 e. The van der Waals surface area contributed by atoms with Crippen LogP contribution < -0.4 is 5.73 Å². The van der Waals surface area contributed by atoms with Gasteiger partial charge in [0.2, 0.25) is 0 Å². The zero-order valence-electron chi connectivity index (χ0n) is 10.6. The fourth-order valence-corrected chi connectivity index (χ4v) is 3.07. The number of aliphatic hydroxyl groups is 1. The minimum Gasteiger partial charge on any atom is -0.388 e. The minimum atomic E-state index is -0.876. The lowest BCUT2D eigenvalue weighted by Gasteiger charge is -2.23. The van der Waals surface area contributed by atoms with Crippen LogP contribution in [0.25, 0.3) is 0 Å². The lowest BCUT2D eigenvalue weighted by Crippen LogP contribution is -2.20. The Balaban J connectivity index is 2.39. The molecule has 0 saturated carbocycles. The average Bonchev–Trinajstić information content (AvgIpc) is 2.42. The van der Waals surface area contributed by atoms with Gasteiger partial charge in [0.1, 0.15) is 5.82 Å². The molecule has 20 heavy (non-hydrogen) atoms. The van der Waals surface area contributed by atoms with Crippen molar-refractivity contribution in [2.45, 2.75) is 12.0 Å². The van der Waals surface area contributed by atoms with Crippen molar-refractivity contribution in [1.82, 2.24) is 0 Å². The van der Waals surface area contributed by atoms with E-state index in [-0.39, 0.29) is 16.9 Å². The first-order chi connectivity index (χ1) is 9.54. The van der Waals surface area contributed by atoms with Crippen LogP contribution in [-0.4, -0.2) is 11.7 Å². The van der Waals surface area contributed by atoms with Crippen molar-refractivity contribution < 1.29 is 9.50 Å². The molecule has 0 aliphatic carbocycles. The molecule has 2 aromatic rings. The fourth-order valence-electron chi connectivity index (χ4n) is 2.15. The highest BCUT2D eigenvalue weighted by Crippen LogP contribution is 2.35. The zero-order chi connectivity index (χ0) is 14.7. The summed E-state index contributed by atoms with van der Waals surface area (Å²) >= 11 is 6.58. The summed E-state index contributed by atoms with van der Waals surface area (Å²) in [5.74, 6) is -0.697. The van der Waals surface area contributed by atoms with Crippen LogP contribution in [0, 0.1) is 5.82 Å². The molecule has 0 heterocycles. The quantitative estimate of drug-likeness (QED) is 0.807. The smallest absolute Gasteiger partial charge is 0.137 e. The van der Waals surface area contributed by atoms with Gasteiger partial charge in [-0.15, -0.1) is 0 Å². The lowest BCUT2D eigenvalue weighted by atomic mass is 9.89. The molecule has 0 spiro atoms. The Hall–Kier alpha value is -0.750. The highest BCUT2D eigenvalue weighted by atomic mass is 79.9. The van der Waals surface area contributed by atoms with Gasteiger partial charge in [-0.1, -0.05) is 40.2 Å². The fraction of sp³-hybridized carbons (Fsp3) is 0.200. The summed E-state index contributed by atoms with van der Waals surface area (Å²) in [4.78, 5) is 0. The van der Waals surface area contributed by atoms with Gasteiger partial charge in [0.05, 0.1) is 10.6 Å². The molecule has 0 radical (unpaired) electrons. The predicted octanol–water partition coefficient (Wildman–Crippen LogP) is 4.13. The highest BCUT2D eigenvalue weighted by Gasteiger charge is 2.24. The first kappa shape index (κ1) is 15.6. The van der Waals surface area contributed by atoms with E-state index in [1.165, 1.54) is 6.07 Å². The number of hydrogen-bond donors (Lipinski definition) is 2. The van der Waals surface area contributed by atoms with E-state index in [1.54, 1.807) is 12.1 Å². The van der Waals surface area contributed by atoms with Gasteiger partial charge in [0, 0.05) is 16.9 Å². The van der Waals surface area contributed by atoms with Gasteiger partial charge in [-0.3, -0.25) is 0 Å². The van der Waals surface area contributed by atoms with E-state index in [2.05, 4.69) is 31.9 Å². The number of halogens is 3. The molecule has 2 atom stereocenters. The Labute approximate surface area is 134 Å². The van der Waals surface area contributed by atoms with Crippen molar-refractivity contribution in [3.8, 4) is 0 Å². The molecular weight excluding hydrogens is 389 g/mol. The molecule has 2 nitrogen and oxygen atoms in total. The average molecular weight is 403 g/mol. The van der Waals surface area contributed by atoms with Gasteiger partial charge in [-0.2, -0.15) is 0 Å². The SMILES string of the molecule is NCC(c1cccc(Br)c1)C(O)c1cccc(F)c1Br.